The number of aliphatic hydroxyl groups excluding tert-OH is 1. The van der Waals surface area contributed by atoms with Gasteiger partial charge in [-0.2, -0.15) is 0 Å². The first-order valence-electron chi connectivity index (χ1n) is 11.4. The largest absolute Gasteiger partial charge is 0.507 e. The second-order valence-corrected chi connectivity index (χ2v) is 9.13. The predicted octanol–water partition coefficient (Wildman–Crippen LogP) is 7.21. The smallest absolute Gasteiger partial charge is 0.161 e. The molecular formula is C29H25ClN2O2. The zero-order valence-electron chi connectivity index (χ0n) is 18.9. The van der Waals surface area contributed by atoms with Gasteiger partial charge in [-0.1, -0.05) is 78.3 Å². The minimum absolute atomic E-state index is 0.00702. The van der Waals surface area contributed by atoms with Crippen LogP contribution in [0, 0.1) is 12.3 Å². The summed E-state index contributed by atoms with van der Waals surface area (Å²) in [6.45, 7) is 1.93. The Kier molecular flexibility index (Phi) is 5.84. The van der Waals surface area contributed by atoms with Crippen LogP contribution in [0.4, 0.5) is 5.69 Å². The lowest BCUT2D eigenvalue weighted by Gasteiger charge is -2.42. The molecule has 4 nitrogen and oxygen atoms in total. The lowest BCUT2D eigenvalue weighted by molar-refractivity contribution is -0.116. The number of rotatable bonds is 3. The third-order valence-electron chi connectivity index (χ3n) is 6.60. The number of allylic oxidation sites excluding steroid dienone is 2. The summed E-state index contributed by atoms with van der Waals surface area (Å²) in [6, 6.07) is 24.6. The Morgan fingerprint density at radius 2 is 1.68 bits per heavy atom. The Morgan fingerprint density at radius 3 is 2.35 bits per heavy atom. The molecule has 0 bridgehead atoms. The normalized spacial score (nSPS) is 19.8. The maximum absolute atomic E-state index is 13.4. The van der Waals surface area contributed by atoms with Crippen molar-refractivity contribution in [3.8, 4) is 0 Å². The van der Waals surface area contributed by atoms with Gasteiger partial charge in [0.25, 0.3) is 0 Å². The van der Waals surface area contributed by atoms with Crippen LogP contribution in [0.25, 0.3) is 5.76 Å². The van der Waals surface area contributed by atoms with Crippen LogP contribution in [0.15, 0.2) is 95.7 Å². The van der Waals surface area contributed by atoms with E-state index in [2.05, 4.69) is 0 Å². The molecule has 0 aromatic heterocycles. The molecule has 34 heavy (non-hydrogen) atoms. The average Bonchev–Trinajstić information content (AvgIpc) is 2.86. The lowest BCUT2D eigenvalue weighted by Crippen LogP contribution is -2.42. The highest BCUT2D eigenvalue weighted by Gasteiger charge is 2.43. The molecule has 1 atom stereocenters. The first kappa shape index (κ1) is 22.2. The standard InChI is InChI=1S/C29H25ClN2O2/c1-18-15-16-21(17-22(18)30)32-23-13-8-14-24(33)26(23)25(19-9-4-2-5-10-19)27(29(32)31)28(34)20-11-6-3-7-12-20/h2-7,9-12,15-17,25,31,34H,8,13-14H2,1H3/b28-27+,31-29?/t25-/m0/s1. The molecule has 0 amide bonds. The first-order chi connectivity index (χ1) is 16.5. The summed E-state index contributed by atoms with van der Waals surface area (Å²) in [5.41, 5.74) is 5.04. The van der Waals surface area contributed by atoms with Crippen LogP contribution in [0.5, 0.6) is 0 Å². The van der Waals surface area contributed by atoms with Crippen LogP contribution < -0.4 is 4.90 Å². The number of nitrogens with one attached hydrogen (secondary N) is 1. The Labute approximate surface area is 204 Å². The third-order valence-corrected chi connectivity index (χ3v) is 7.01. The minimum atomic E-state index is -0.520. The van der Waals surface area contributed by atoms with Gasteiger partial charge in [0.15, 0.2) is 5.78 Å². The molecule has 1 heterocycles. The number of nitrogens with zero attached hydrogens (tertiary/aromatic N) is 1. The van der Waals surface area contributed by atoms with Crippen LogP contribution in [0.3, 0.4) is 0 Å². The van der Waals surface area contributed by atoms with Crippen molar-refractivity contribution >= 4 is 34.7 Å². The Hall–Kier alpha value is -3.63. The Bertz CT molecular complexity index is 1340. The van der Waals surface area contributed by atoms with E-state index in [0.717, 1.165) is 23.2 Å². The van der Waals surface area contributed by atoms with Crippen molar-refractivity contribution in [1.29, 1.82) is 5.41 Å². The lowest BCUT2D eigenvalue weighted by atomic mass is 9.73. The summed E-state index contributed by atoms with van der Waals surface area (Å²) in [5.74, 6) is -0.297. The Balaban J connectivity index is 1.83. The molecular weight excluding hydrogens is 444 g/mol. The number of aryl methyl sites for hydroxylation is 1. The van der Waals surface area contributed by atoms with E-state index in [9.17, 15) is 15.3 Å². The quantitative estimate of drug-likeness (QED) is 0.399. The fraction of sp³-hybridized carbons (Fsp3) is 0.172. The molecule has 2 aliphatic rings. The fourth-order valence-electron chi connectivity index (χ4n) is 4.93. The fourth-order valence-corrected chi connectivity index (χ4v) is 5.10. The molecule has 170 valence electrons. The number of carbonyl (C=O) groups excluding carboxylic acids is 1. The number of anilines is 1. The summed E-state index contributed by atoms with van der Waals surface area (Å²) in [5, 5.41) is 21.5. The highest BCUT2D eigenvalue weighted by molar-refractivity contribution is 6.32. The van der Waals surface area contributed by atoms with Gasteiger partial charge in [-0.05, 0) is 43.0 Å². The van der Waals surface area contributed by atoms with Crippen LogP contribution in [0.2, 0.25) is 5.02 Å². The number of benzene rings is 3. The van der Waals surface area contributed by atoms with Gasteiger partial charge in [0.05, 0.1) is 0 Å². The van der Waals surface area contributed by atoms with E-state index in [1.54, 1.807) is 4.90 Å². The number of Topliss-reactive ketones (excluding diaryl/α,β-unsaturated/α-hetero) is 1. The number of amidine groups is 1. The second-order valence-electron chi connectivity index (χ2n) is 8.73. The highest BCUT2D eigenvalue weighted by atomic mass is 35.5. The van der Waals surface area contributed by atoms with E-state index in [0.29, 0.717) is 40.3 Å². The first-order valence-corrected chi connectivity index (χ1v) is 11.8. The van der Waals surface area contributed by atoms with E-state index in [1.807, 2.05) is 85.8 Å². The monoisotopic (exact) mass is 468 g/mol. The topological polar surface area (TPSA) is 64.4 Å². The molecule has 5 heteroatoms. The molecule has 3 aromatic rings. The van der Waals surface area contributed by atoms with Gasteiger partial charge in [-0.3, -0.25) is 15.1 Å². The number of hydrogen-bond acceptors (Lipinski definition) is 3. The van der Waals surface area contributed by atoms with E-state index in [-0.39, 0.29) is 17.4 Å². The molecule has 5 rings (SSSR count). The van der Waals surface area contributed by atoms with Crippen molar-refractivity contribution in [2.75, 3.05) is 4.90 Å². The van der Waals surface area contributed by atoms with Crippen molar-refractivity contribution in [3.63, 3.8) is 0 Å². The second kappa shape index (κ2) is 8.96. The van der Waals surface area contributed by atoms with Crippen molar-refractivity contribution in [3.05, 3.63) is 117 Å². The van der Waals surface area contributed by atoms with Gasteiger partial charge < -0.3 is 5.11 Å². The SMILES string of the molecule is Cc1ccc(N2C(=N)/C(=C(/O)c3ccccc3)[C@@H](c3ccccc3)C3=C2CCCC3=O)cc1Cl. The van der Waals surface area contributed by atoms with Gasteiger partial charge in [0.1, 0.15) is 11.6 Å². The van der Waals surface area contributed by atoms with E-state index in [4.69, 9.17) is 11.6 Å². The molecule has 0 saturated heterocycles. The van der Waals surface area contributed by atoms with Gasteiger partial charge in [0.2, 0.25) is 0 Å². The molecule has 1 aliphatic carbocycles. The van der Waals surface area contributed by atoms with Gasteiger partial charge >= 0.3 is 0 Å². The number of aliphatic hydroxyl groups is 1. The van der Waals surface area contributed by atoms with Crippen LogP contribution in [0.1, 0.15) is 41.9 Å². The van der Waals surface area contributed by atoms with Gasteiger partial charge in [-0.15, -0.1) is 0 Å². The third kappa shape index (κ3) is 3.74. The van der Waals surface area contributed by atoms with Crippen LogP contribution in [-0.4, -0.2) is 16.7 Å². The molecule has 0 spiro atoms. The summed E-state index contributed by atoms with van der Waals surface area (Å²) < 4.78 is 0. The summed E-state index contributed by atoms with van der Waals surface area (Å²) in [6.07, 6.45) is 1.86. The number of hydrogen-bond donors (Lipinski definition) is 2. The zero-order chi connectivity index (χ0) is 23.8. The zero-order valence-corrected chi connectivity index (χ0v) is 19.6. The van der Waals surface area contributed by atoms with E-state index in [1.165, 1.54) is 0 Å². The summed E-state index contributed by atoms with van der Waals surface area (Å²) in [7, 11) is 0. The number of ketones is 1. The molecule has 2 N–H and O–H groups in total. The van der Waals surface area contributed by atoms with E-state index >= 15 is 0 Å². The predicted molar refractivity (Wildman–Crippen MR) is 137 cm³/mol. The molecule has 0 saturated carbocycles. The highest BCUT2D eigenvalue weighted by Crippen LogP contribution is 2.48. The maximum atomic E-state index is 13.4. The molecule has 0 fully saturated rings. The average molecular weight is 469 g/mol. The summed E-state index contributed by atoms with van der Waals surface area (Å²) in [4.78, 5) is 15.2. The van der Waals surface area contributed by atoms with Crippen molar-refractivity contribution in [2.24, 2.45) is 0 Å². The molecule has 1 aliphatic heterocycles. The van der Waals surface area contributed by atoms with Crippen molar-refractivity contribution < 1.29 is 9.90 Å². The Morgan fingerprint density at radius 1 is 1.00 bits per heavy atom. The molecule has 0 radical (unpaired) electrons. The number of halogens is 1. The molecule has 3 aromatic carbocycles. The maximum Gasteiger partial charge on any atom is 0.161 e. The van der Waals surface area contributed by atoms with Gasteiger partial charge in [0, 0.05) is 45.5 Å². The molecule has 0 unspecified atom stereocenters. The van der Waals surface area contributed by atoms with Crippen molar-refractivity contribution in [1.82, 2.24) is 0 Å². The van der Waals surface area contributed by atoms with Crippen LogP contribution >= 0.6 is 11.6 Å². The van der Waals surface area contributed by atoms with Crippen molar-refractivity contribution in [2.45, 2.75) is 32.1 Å². The van der Waals surface area contributed by atoms with E-state index < -0.39 is 5.92 Å². The minimum Gasteiger partial charge on any atom is -0.507 e. The van der Waals surface area contributed by atoms with Gasteiger partial charge in [-0.25, -0.2) is 0 Å². The van der Waals surface area contributed by atoms with Crippen LogP contribution in [-0.2, 0) is 4.79 Å². The number of carbonyl (C=O) groups is 1. The summed E-state index contributed by atoms with van der Waals surface area (Å²) >= 11 is 6.46.